The van der Waals surface area contributed by atoms with Crippen LogP contribution in [0, 0.1) is 6.57 Å². The van der Waals surface area contributed by atoms with E-state index in [0.717, 1.165) is 23.5 Å². The first-order valence-electron chi connectivity index (χ1n) is 3.79. The normalized spacial score (nSPS) is 16.2. The molecule has 1 fully saturated rings. The maximum absolute atomic E-state index is 10.9. The summed E-state index contributed by atoms with van der Waals surface area (Å²) in [5.41, 5.74) is 0. The van der Waals surface area contributed by atoms with Crippen LogP contribution in [0.2, 0.25) is 0 Å². The van der Waals surface area contributed by atoms with E-state index in [0.29, 0.717) is 6.54 Å². The van der Waals surface area contributed by atoms with Crippen LogP contribution in [0.3, 0.4) is 0 Å². The van der Waals surface area contributed by atoms with Gasteiger partial charge in [0, 0.05) is 0 Å². The van der Waals surface area contributed by atoms with E-state index in [1.54, 1.807) is 0 Å². The van der Waals surface area contributed by atoms with Crippen LogP contribution in [-0.2, 0) is 9.53 Å². The number of carbonyl (C=O) groups excluding carboxylic acids is 2. The van der Waals surface area contributed by atoms with Crippen molar-refractivity contribution < 1.29 is 14.3 Å². The molecule has 0 aromatic heterocycles. The number of nitrogens with zero attached hydrogens (tertiary/aromatic N) is 3. The number of allylic oxidation sites excluding steroid dienone is 1. The van der Waals surface area contributed by atoms with Gasteiger partial charge >= 0.3 is 6.09 Å². The van der Waals surface area contributed by atoms with Gasteiger partial charge in [0.1, 0.15) is 6.61 Å². The Kier molecular flexibility index (Phi) is 3.38. The Hall–Kier alpha value is -2.16. The minimum absolute atomic E-state index is 0.280. The van der Waals surface area contributed by atoms with Crippen molar-refractivity contribution in [2.24, 2.45) is 5.10 Å². The van der Waals surface area contributed by atoms with Crippen LogP contribution in [0.1, 0.15) is 0 Å². The van der Waals surface area contributed by atoms with Crippen molar-refractivity contribution in [3.63, 3.8) is 0 Å². The van der Waals surface area contributed by atoms with E-state index >= 15 is 0 Å². The summed E-state index contributed by atoms with van der Waals surface area (Å²) in [5.74, 6) is -0.444. The standard InChI is InChI=1S/C8H7N3O3/c1-9-3-2-7(12)6-10-11-4-5-14-8(11)13/h2-3,6H,4-5H2/b3-2-,10-6+. The number of cyclic esters (lactones) is 1. The number of carbonyl (C=O) groups is 2. The lowest BCUT2D eigenvalue weighted by atomic mass is 10.4. The van der Waals surface area contributed by atoms with Gasteiger partial charge in [-0.15, -0.1) is 0 Å². The van der Waals surface area contributed by atoms with Gasteiger partial charge in [0.15, 0.2) is 12.0 Å². The van der Waals surface area contributed by atoms with Gasteiger partial charge in [-0.2, -0.15) is 10.1 Å². The molecule has 0 aromatic rings. The Morgan fingerprint density at radius 2 is 2.50 bits per heavy atom. The number of hydrogen-bond acceptors (Lipinski definition) is 4. The van der Waals surface area contributed by atoms with Crippen LogP contribution >= 0.6 is 0 Å². The van der Waals surface area contributed by atoms with Gasteiger partial charge in [-0.3, -0.25) is 4.79 Å². The molecule has 0 aromatic carbocycles. The Labute approximate surface area is 80.3 Å². The Balaban J connectivity index is 2.47. The van der Waals surface area contributed by atoms with E-state index < -0.39 is 11.9 Å². The second-order valence-electron chi connectivity index (χ2n) is 2.33. The molecule has 1 amide bonds. The summed E-state index contributed by atoms with van der Waals surface area (Å²) in [4.78, 5) is 24.6. The van der Waals surface area contributed by atoms with Crippen molar-refractivity contribution in [3.8, 4) is 0 Å². The summed E-state index contributed by atoms with van der Waals surface area (Å²) >= 11 is 0. The number of ether oxygens (including phenoxy) is 1. The lowest BCUT2D eigenvalue weighted by Crippen LogP contribution is -2.18. The molecule has 6 heteroatoms. The first-order valence-corrected chi connectivity index (χ1v) is 3.79. The monoisotopic (exact) mass is 193 g/mol. The third kappa shape index (κ3) is 2.71. The highest BCUT2D eigenvalue weighted by molar-refractivity contribution is 6.32. The van der Waals surface area contributed by atoms with Crippen LogP contribution < -0.4 is 0 Å². The summed E-state index contributed by atoms with van der Waals surface area (Å²) in [5, 5.41) is 4.63. The molecule has 1 aliphatic heterocycles. The fourth-order valence-electron chi connectivity index (χ4n) is 0.770. The fraction of sp³-hybridized carbons (Fsp3) is 0.250. The fourth-order valence-corrected chi connectivity index (χ4v) is 0.770. The molecule has 0 spiro atoms. The summed E-state index contributed by atoms with van der Waals surface area (Å²) in [6.45, 7) is 7.01. The Morgan fingerprint density at radius 3 is 3.07 bits per heavy atom. The molecule has 6 nitrogen and oxygen atoms in total. The van der Waals surface area contributed by atoms with Gasteiger partial charge in [0.2, 0.25) is 0 Å². The SMILES string of the molecule is [C-]#[N+]/C=C\C(=O)/C=N/N1CCOC1=O. The highest BCUT2D eigenvalue weighted by Crippen LogP contribution is 2.02. The van der Waals surface area contributed by atoms with Gasteiger partial charge in [0.25, 0.3) is 0 Å². The molecule has 1 aliphatic rings. The molecule has 0 aliphatic carbocycles. The van der Waals surface area contributed by atoms with E-state index in [1.807, 2.05) is 0 Å². The molecule has 0 atom stereocenters. The van der Waals surface area contributed by atoms with Gasteiger partial charge in [-0.1, -0.05) is 0 Å². The summed E-state index contributed by atoms with van der Waals surface area (Å²) in [6, 6.07) is 0. The molecule has 14 heavy (non-hydrogen) atoms. The molecule has 0 N–H and O–H groups in total. The zero-order valence-corrected chi connectivity index (χ0v) is 7.21. The van der Waals surface area contributed by atoms with Gasteiger partial charge < -0.3 is 4.74 Å². The van der Waals surface area contributed by atoms with E-state index in [2.05, 4.69) is 14.7 Å². The number of hydrogen-bond donors (Lipinski definition) is 0. The minimum atomic E-state index is -0.566. The van der Waals surface area contributed by atoms with Crippen LogP contribution in [0.5, 0.6) is 0 Å². The quantitative estimate of drug-likeness (QED) is 0.371. The lowest BCUT2D eigenvalue weighted by Gasteiger charge is -2.01. The van der Waals surface area contributed by atoms with E-state index in [-0.39, 0.29) is 6.61 Å². The van der Waals surface area contributed by atoms with Crippen LogP contribution in [0.25, 0.3) is 4.85 Å². The lowest BCUT2D eigenvalue weighted by molar-refractivity contribution is -0.108. The largest absolute Gasteiger partial charge is 0.446 e. The Morgan fingerprint density at radius 1 is 1.71 bits per heavy atom. The molecule has 0 saturated carbocycles. The highest BCUT2D eigenvalue weighted by Gasteiger charge is 2.20. The van der Waals surface area contributed by atoms with Crippen molar-refractivity contribution in [2.75, 3.05) is 13.2 Å². The maximum Gasteiger partial charge on any atom is 0.430 e. The molecule has 1 rings (SSSR count). The molecule has 0 radical (unpaired) electrons. The van der Waals surface area contributed by atoms with Gasteiger partial charge in [0.05, 0.1) is 19.3 Å². The Bertz CT molecular complexity index is 340. The average molecular weight is 193 g/mol. The number of ketones is 1. The zero-order chi connectivity index (χ0) is 10.4. The van der Waals surface area contributed by atoms with Gasteiger partial charge in [-0.05, 0) is 6.08 Å². The second kappa shape index (κ2) is 4.77. The topological polar surface area (TPSA) is 63.3 Å². The third-order valence-corrected chi connectivity index (χ3v) is 1.38. The van der Waals surface area contributed by atoms with E-state index in [1.165, 1.54) is 0 Å². The molecule has 72 valence electrons. The maximum atomic E-state index is 10.9. The van der Waals surface area contributed by atoms with Crippen molar-refractivity contribution in [2.45, 2.75) is 0 Å². The van der Waals surface area contributed by atoms with Gasteiger partial charge in [-0.25, -0.2) is 9.64 Å². The predicted octanol–water partition coefficient (Wildman–Crippen LogP) is 0.426. The number of amides is 1. The summed E-state index contributed by atoms with van der Waals surface area (Å²) < 4.78 is 4.57. The number of hydrazone groups is 1. The summed E-state index contributed by atoms with van der Waals surface area (Å²) in [7, 11) is 0. The van der Waals surface area contributed by atoms with Crippen LogP contribution in [0.4, 0.5) is 4.79 Å². The first kappa shape index (κ1) is 9.92. The molecular formula is C8H7N3O3. The minimum Gasteiger partial charge on any atom is -0.446 e. The smallest absolute Gasteiger partial charge is 0.430 e. The van der Waals surface area contributed by atoms with Crippen molar-refractivity contribution in [1.82, 2.24) is 5.01 Å². The van der Waals surface area contributed by atoms with E-state index in [4.69, 9.17) is 6.57 Å². The van der Waals surface area contributed by atoms with E-state index in [9.17, 15) is 9.59 Å². The molecule has 0 bridgehead atoms. The van der Waals surface area contributed by atoms with Crippen molar-refractivity contribution in [3.05, 3.63) is 23.7 Å². The number of rotatable bonds is 3. The average Bonchev–Trinajstić information content (AvgIpc) is 2.58. The van der Waals surface area contributed by atoms with Crippen molar-refractivity contribution in [1.29, 1.82) is 0 Å². The second-order valence-corrected chi connectivity index (χ2v) is 2.33. The molecule has 1 heterocycles. The highest BCUT2D eigenvalue weighted by atomic mass is 16.6. The van der Waals surface area contributed by atoms with Crippen molar-refractivity contribution >= 4 is 18.1 Å². The predicted molar refractivity (Wildman–Crippen MR) is 47.3 cm³/mol. The first-order chi connectivity index (χ1) is 6.74. The molecule has 1 saturated heterocycles. The molecular weight excluding hydrogens is 186 g/mol. The molecule has 0 unspecified atom stereocenters. The van der Waals surface area contributed by atoms with Crippen LogP contribution in [-0.4, -0.2) is 36.3 Å². The third-order valence-electron chi connectivity index (χ3n) is 1.38. The van der Waals surface area contributed by atoms with Crippen LogP contribution in [0.15, 0.2) is 17.4 Å². The summed E-state index contributed by atoms with van der Waals surface area (Å²) in [6.07, 6.45) is 2.49. The zero-order valence-electron chi connectivity index (χ0n) is 7.21.